The second kappa shape index (κ2) is 9.12. The first-order chi connectivity index (χ1) is 13.6. The van der Waals surface area contributed by atoms with Gasteiger partial charge >= 0.3 is 0 Å². The molecule has 0 radical (unpaired) electrons. The maximum Gasteiger partial charge on any atom is 0.277 e. The molecule has 11 heteroatoms. The minimum absolute atomic E-state index is 0.227. The highest BCUT2D eigenvalue weighted by Crippen LogP contribution is 2.43. The number of rotatable bonds is 9. The molecule has 0 aromatic heterocycles. The van der Waals surface area contributed by atoms with E-state index in [1.165, 1.54) is 12.2 Å². The van der Waals surface area contributed by atoms with E-state index in [0.717, 1.165) is 5.01 Å². The summed E-state index contributed by atoms with van der Waals surface area (Å²) in [6.07, 6.45) is 1.52. The molecule has 9 nitrogen and oxygen atoms in total. The number of likely N-dealkylation sites (N-methyl/N-ethyl adjacent to an activating group) is 1. The molecule has 2 rings (SSSR count). The molecule has 0 aliphatic carbocycles. The van der Waals surface area contributed by atoms with E-state index in [9.17, 15) is 18.0 Å². The summed E-state index contributed by atoms with van der Waals surface area (Å²) in [5, 5.41) is 4.75. The number of primary amides is 1. The van der Waals surface area contributed by atoms with Gasteiger partial charge in [-0.05, 0) is 25.0 Å². The van der Waals surface area contributed by atoms with Gasteiger partial charge in [0.2, 0.25) is 0 Å². The van der Waals surface area contributed by atoms with Gasteiger partial charge in [-0.1, -0.05) is 38.5 Å². The van der Waals surface area contributed by atoms with Gasteiger partial charge in [0, 0.05) is 23.3 Å². The molecule has 1 aromatic carbocycles. The van der Waals surface area contributed by atoms with Gasteiger partial charge in [-0.3, -0.25) is 14.4 Å². The molecule has 1 unspecified atom stereocenters. The zero-order chi connectivity index (χ0) is 21.8. The average molecular weight is 445 g/mol. The smallest absolute Gasteiger partial charge is 0.277 e. The molecule has 160 valence electrons. The number of amides is 2. The Morgan fingerprint density at radius 1 is 1.21 bits per heavy atom. The minimum atomic E-state index is -4.67. The van der Waals surface area contributed by atoms with E-state index < -0.39 is 25.7 Å². The molecular weight excluding hydrogens is 420 g/mol. The van der Waals surface area contributed by atoms with Gasteiger partial charge in [-0.15, -0.1) is 0 Å². The third-order valence-corrected chi connectivity index (χ3v) is 6.50. The first-order valence-corrected chi connectivity index (χ1v) is 11.4. The number of hydrazine groups is 1. The topological polar surface area (TPSA) is 122 Å². The first-order valence-electron chi connectivity index (χ1n) is 9.13. The lowest BCUT2D eigenvalue weighted by Gasteiger charge is -2.35. The predicted octanol–water partition coefficient (Wildman–Crippen LogP) is 1.68. The quantitative estimate of drug-likeness (QED) is 0.555. The number of carbonyl (C=O) groups excluding carboxylic acids is 2. The van der Waals surface area contributed by atoms with Crippen LogP contribution in [0.15, 0.2) is 41.7 Å². The molecule has 1 aromatic rings. The number of hydroxylamine groups is 1. The SMILES string of the molecule is CCCON1C(CCC)=C(NC(=O)c2ccccc2)C(C(N)=O)(S(=O)(=O)Cl)N1C. The zero-order valence-electron chi connectivity index (χ0n) is 16.5. The standard InChI is InChI=1S/C18H25ClN4O5S/c1-4-9-14-15(21-16(24)13-10-7-6-8-11-13)18(17(20)25,29(19,26)27)22(3)23(14)28-12-5-2/h6-8,10-11H,4-5,9,12H2,1-3H3,(H2,20,25)(H,21,24). The van der Waals surface area contributed by atoms with Gasteiger partial charge in [0.05, 0.1) is 18.0 Å². The number of nitrogens with one attached hydrogen (secondary N) is 1. The number of hydrogen-bond donors (Lipinski definition) is 2. The molecule has 0 fully saturated rings. The molecule has 2 amide bonds. The molecule has 0 bridgehead atoms. The Balaban J connectivity index is 2.70. The van der Waals surface area contributed by atoms with E-state index in [4.69, 9.17) is 21.3 Å². The summed E-state index contributed by atoms with van der Waals surface area (Å²) in [6.45, 7) is 3.98. The van der Waals surface area contributed by atoms with Crippen LogP contribution in [0.25, 0.3) is 0 Å². The lowest BCUT2D eigenvalue weighted by molar-refractivity contribution is -0.252. The van der Waals surface area contributed by atoms with E-state index in [1.54, 1.807) is 30.3 Å². The van der Waals surface area contributed by atoms with Gasteiger partial charge in [0.1, 0.15) is 0 Å². The summed E-state index contributed by atoms with van der Waals surface area (Å²) < 4.78 is 25.3. The third kappa shape index (κ3) is 4.11. The van der Waals surface area contributed by atoms with Crippen LogP contribution in [0.1, 0.15) is 43.5 Å². The number of halogens is 1. The van der Waals surface area contributed by atoms with Crippen molar-refractivity contribution in [2.45, 2.75) is 38.0 Å². The summed E-state index contributed by atoms with van der Waals surface area (Å²) in [6, 6.07) is 8.17. The summed E-state index contributed by atoms with van der Waals surface area (Å²) in [4.78, 5) is 28.5. The highest BCUT2D eigenvalue weighted by atomic mass is 35.7. The lowest BCUT2D eigenvalue weighted by atomic mass is 10.1. The molecule has 0 spiro atoms. The first kappa shape index (κ1) is 23.1. The number of nitrogens with two attached hydrogens (primary N) is 1. The number of benzene rings is 1. The number of nitrogens with zero attached hydrogens (tertiary/aromatic N) is 2. The van der Waals surface area contributed by atoms with Crippen LogP contribution in [-0.4, -0.2) is 48.9 Å². The van der Waals surface area contributed by atoms with Crippen LogP contribution in [0.2, 0.25) is 0 Å². The predicted molar refractivity (Wildman–Crippen MR) is 108 cm³/mol. The molecule has 0 saturated carbocycles. The third-order valence-electron chi connectivity index (χ3n) is 4.45. The average Bonchev–Trinajstić information content (AvgIpc) is 2.89. The summed E-state index contributed by atoms with van der Waals surface area (Å²) in [7, 11) is 2.38. The van der Waals surface area contributed by atoms with Gasteiger partial charge in [-0.25, -0.2) is 8.42 Å². The highest BCUT2D eigenvalue weighted by molar-refractivity contribution is 8.15. The van der Waals surface area contributed by atoms with Crippen molar-refractivity contribution in [1.82, 2.24) is 15.5 Å². The Morgan fingerprint density at radius 3 is 2.31 bits per heavy atom. The zero-order valence-corrected chi connectivity index (χ0v) is 18.1. The monoisotopic (exact) mass is 444 g/mol. The van der Waals surface area contributed by atoms with E-state index in [1.807, 2.05) is 13.8 Å². The number of carbonyl (C=O) groups is 2. The summed E-state index contributed by atoms with van der Waals surface area (Å²) in [5.74, 6) is -1.86. The normalized spacial score (nSPS) is 20.2. The van der Waals surface area contributed by atoms with Crippen molar-refractivity contribution in [3.05, 3.63) is 47.3 Å². The molecule has 0 saturated heterocycles. The van der Waals surface area contributed by atoms with Crippen molar-refractivity contribution in [1.29, 1.82) is 0 Å². The molecule has 3 N–H and O–H groups in total. The Bertz CT molecular complexity index is 906. The maximum absolute atomic E-state index is 12.8. The molecule has 1 aliphatic heterocycles. The number of hydrogen-bond acceptors (Lipinski definition) is 7. The van der Waals surface area contributed by atoms with Gasteiger partial charge < -0.3 is 11.1 Å². The second-order valence-electron chi connectivity index (χ2n) is 6.47. The van der Waals surface area contributed by atoms with Crippen LogP contribution in [0.3, 0.4) is 0 Å². The Hall–Kier alpha value is -2.14. The van der Waals surface area contributed by atoms with E-state index >= 15 is 0 Å². The fourth-order valence-electron chi connectivity index (χ4n) is 3.18. The molecule has 1 atom stereocenters. The van der Waals surface area contributed by atoms with Gasteiger partial charge in [-0.2, -0.15) is 10.2 Å². The van der Waals surface area contributed by atoms with Crippen LogP contribution < -0.4 is 11.1 Å². The van der Waals surface area contributed by atoms with Crippen LogP contribution in [-0.2, 0) is 18.7 Å². The van der Waals surface area contributed by atoms with Crippen LogP contribution in [0.4, 0.5) is 0 Å². The lowest BCUT2D eigenvalue weighted by Crippen LogP contribution is -2.63. The van der Waals surface area contributed by atoms with Crippen molar-refractivity contribution in [3.63, 3.8) is 0 Å². The molecule has 29 heavy (non-hydrogen) atoms. The Morgan fingerprint density at radius 2 is 1.83 bits per heavy atom. The van der Waals surface area contributed by atoms with E-state index in [-0.39, 0.29) is 23.6 Å². The van der Waals surface area contributed by atoms with Crippen molar-refractivity contribution >= 4 is 31.5 Å². The van der Waals surface area contributed by atoms with Gasteiger partial charge in [0.25, 0.3) is 25.7 Å². The summed E-state index contributed by atoms with van der Waals surface area (Å²) >= 11 is 0. The Labute approximate surface area is 174 Å². The summed E-state index contributed by atoms with van der Waals surface area (Å²) in [5.41, 5.74) is 5.89. The molecular formula is C18H25ClN4O5S. The second-order valence-corrected chi connectivity index (χ2v) is 9.15. The number of allylic oxidation sites excluding steroid dienone is 1. The van der Waals surface area contributed by atoms with Crippen molar-refractivity contribution in [3.8, 4) is 0 Å². The van der Waals surface area contributed by atoms with Crippen molar-refractivity contribution in [2.75, 3.05) is 13.7 Å². The van der Waals surface area contributed by atoms with E-state index in [2.05, 4.69) is 5.32 Å². The van der Waals surface area contributed by atoms with Crippen LogP contribution in [0, 0.1) is 0 Å². The molecule has 1 heterocycles. The minimum Gasteiger partial charge on any atom is -0.367 e. The van der Waals surface area contributed by atoms with Crippen molar-refractivity contribution < 1.29 is 22.8 Å². The maximum atomic E-state index is 12.8. The molecule has 1 aliphatic rings. The van der Waals surface area contributed by atoms with Crippen molar-refractivity contribution in [2.24, 2.45) is 5.73 Å². The highest BCUT2D eigenvalue weighted by Gasteiger charge is 2.64. The van der Waals surface area contributed by atoms with Crippen LogP contribution in [0.5, 0.6) is 0 Å². The van der Waals surface area contributed by atoms with Gasteiger partial charge in [0.15, 0.2) is 0 Å². The fourth-order valence-corrected chi connectivity index (χ4v) is 4.98. The fraction of sp³-hybridized carbons (Fsp3) is 0.444. The Kier molecular flexibility index (Phi) is 7.28. The largest absolute Gasteiger partial charge is 0.367 e. The van der Waals surface area contributed by atoms with Crippen LogP contribution >= 0.6 is 10.7 Å². The van der Waals surface area contributed by atoms with E-state index in [0.29, 0.717) is 19.3 Å².